The summed E-state index contributed by atoms with van der Waals surface area (Å²) in [4.78, 5) is 19.3. The molecule has 0 unspecified atom stereocenters. The monoisotopic (exact) mass is 389 g/mol. The van der Waals surface area contributed by atoms with Crippen LogP contribution in [0.25, 0.3) is 11.5 Å². The molecule has 0 atom stereocenters. The first-order valence-electron chi connectivity index (χ1n) is 10.2. The third kappa shape index (κ3) is 5.33. The first-order chi connectivity index (χ1) is 14.2. The molecule has 1 aliphatic heterocycles. The van der Waals surface area contributed by atoms with E-state index < -0.39 is 0 Å². The van der Waals surface area contributed by atoms with Gasteiger partial charge in [0.25, 0.3) is 0 Å². The minimum absolute atomic E-state index is 0.00930. The topological polar surface area (TPSA) is 58.4 Å². The molecule has 0 spiro atoms. The van der Waals surface area contributed by atoms with Crippen LogP contribution >= 0.6 is 0 Å². The Kier molecular flexibility index (Phi) is 6.06. The molecule has 1 fully saturated rings. The van der Waals surface area contributed by atoms with Crippen molar-refractivity contribution >= 4 is 5.91 Å². The molecule has 150 valence electrons. The summed E-state index contributed by atoms with van der Waals surface area (Å²) < 4.78 is 5.52. The van der Waals surface area contributed by atoms with Crippen molar-refractivity contribution in [3.63, 3.8) is 0 Å². The molecule has 0 aliphatic carbocycles. The molecular formula is C24H27N3O2. The second-order valence-electron chi connectivity index (χ2n) is 7.79. The van der Waals surface area contributed by atoms with Gasteiger partial charge in [-0.1, -0.05) is 48.0 Å². The highest BCUT2D eigenvalue weighted by Crippen LogP contribution is 2.19. The van der Waals surface area contributed by atoms with E-state index in [-0.39, 0.29) is 18.4 Å². The van der Waals surface area contributed by atoms with Crippen molar-refractivity contribution in [2.45, 2.75) is 38.8 Å². The van der Waals surface area contributed by atoms with E-state index in [1.165, 1.54) is 11.1 Å². The average Bonchev–Trinajstić information content (AvgIpc) is 3.18. The lowest BCUT2D eigenvalue weighted by Gasteiger charge is -2.32. The Labute approximate surface area is 171 Å². The predicted molar refractivity (Wildman–Crippen MR) is 113 cm³/mol. The van der Waals surface area contributed by atoms with Gasteiger partial charge in [-0.15, -0.1) is 0 Å². The Bertz CT molecular complexity index is 944. The summed E-state index contributed by atoms with van der Waals surface area (Å²) in [6, 6.07) is 18.6. The van der Waals surface area contributed by atoms with Gasteiger partial charge in [-0.3, -0.25) is 9.69 Å². The highest BCUT2D eigenvalue weighted by atomic mass is 16.3. The van der Waals surface area contributed by atoms with Gasteiger partial charge in [-0.25, -0.2) is 4.98 Å². The molecule has 29 heavy (non-hydrogen) atoms. The minimum Gasteiger partial charge on any atom is -0.444 e. The summed E-state index contributed by atoms with van der Waals surface area (Å²) >= 11 is 0. The van der Waals surface area contributed by atoms with Crippen LogP contribution in [0.1, 0.15) is 29.7 Å². The number of carbonyl (C=O) groups excluding carboxylic acids is 1. The Morgan fingerprint density at radius 1 is 1.14 bits per heavy atom. The van der Waals surface area contributed by atoms with Gasteiger partial charge in [0.1, 0.15) is 6.26 Å². The van der Waals surface area contributed by atoms with Gasteiger partial charge in [-0.05, 0) is 37.5 Å². The number of rotatable bonds is 6. The summed E-state index contributed by atoms with van der Waals surface area (Å²) in [5, 5.41) is 3.16. The molecule has 0 bridgehead atoms. The van der Waals surface area contributed by atoms with Gasteiger partial charge in [0.15, 0.2) is 0 Å². The van der Waals surface area contributed by atoms with Crippen LogP contribution < -0.4 is 5.32 Å². The lowest BCUT2D eigenvalue weighted by molar-refractivity contribution is -0.121. The van der Waals surface area contributed by atoms with Crippen LogP contribution in [0.2, 0.25) is 0 Å². The van der Waals surface area contributed by atoms with Crippen LogP contribution in [0, 0.1) is 6.92 Å². The first kappa shape index (κ1) is 19.4. The molecule has 5 nitrogen and oxygen atoms in total. The molecule has 0 saturated carbocycles. The third-order valence-corrected chi connectivity index (χ3v) is 5.36. The van der Waals surface area contributed by atoms with Crippen LogP contribution in [0.3, 0.4) is 0 Å². The summed E-state index contributed by atoms with van der Waals surface area (Å²) in [6.07, 6.45) is 3.78. The van der Waals surface area contributed by atoms with Gasteiger partial charge in [0.2, 0.25) is 11.8 Å². The number of benzene rings is 2. The van der Waals surface area contributed by atoms with Crippen LogP contribution in [0.5, 0.6) is 0 Å². The highest BCUT2D eigenvalue weighted by Gasteiger charge is 2.21. The van der Waals surface area contributed by atoms with Gasteiger partial charge in [-0.2, -0.15) is 0 Å². The number of aryl methyl sites for hydroxylation is 1. The molecule has 2 heterocycles. The lowest BCUT2D eigenvalue weighted by atomic mass is 10.0. The molecular weight excluding hydrogens is 362 g/mol. The molecule has 3 aromatic rings. The number of hydrogen-bond donors (Lipinski definition) is 1. The quantitative estimate of drug-likeness (QED) is 0.693. The molecule has 4 rings (SSSR count). The van der Waals surface area contributed by atoms with Crippen LogP contribution in [0.4, 0.5) is 0 Å². The second-order valence-corrected chi connectivity index (χ2v) is 7.79. The number of likely N-dealkylation sites (tertiary alicyclic amines) is 1. The molecule has 1 amide bonds. The van der Waals surface area contributed by atoms with E-state index in [4.69, 9.17) is 4.42 Å². The number of amides is 1. The molecule has 1 N–H and O–H groups in total. The predicted octanol–water partition coefficient (Wildman–Crippen LogP) is 3.97. The van der Waals surface area contributed by atoms with Crippen molar-refractivity contribution in [2.75, 3.05) is 13.1 Å². The van der Waals surface area contributed by atoms with Crippen LogP contribution in [-0.4, -0.2) is 34.9 Å². The zero-order chi connectivity index (χ0) is 20.1. The van der Waals surface area contributed by atoms with E-state index in [2.05, 4.69) is 46.4 Å². The van der Waals surface area contributed by atoms with Crippen LogP contribution in [-0.2, 0) is 17.8 Å². The lowest BCUT2D eigenvalue weighted by Crippen LogP contribution is -2.44. The molecule has 1 aromatic heterocycles. The van der Waals surface area contributed by atoms with E-state index in [1.54, 1.807) is 6.26 Å². The first-order valence-corrected chi connectivity index (χ1v) is 10.2. The maximum atomic E-state index is 12.4. The molecule has 0 radical (unpaired) electrons. The van der Waals surface area contributed by atoms with Crippen molar-refractivity contribution in [3.05, 3.63) is 77.7 Å². The van der Waals surface area contributed by atoms with Gasteiger partial charge < -0.3 is 9.73 Å². The minimum atomic E-state index is 0.00930. The zero-order valence-electron chi connectivity index (χ0n) is 16.8. The van der Waals surface area contributed by atoms with Gasteiger partial charge in [0.05, 0.1) is 12.1 Å². The Morgan fingerprint density at radius 2 is 1.93 bits per heavy atom. The fourth-order valence-corrected chi connectivity index (χ4v) is 3.85. The van der Waals surface area contributed by atoms with Crippen molar-refractivity contribution in [1.29, 1.82) is 0 Å². The Morgan fingerprint density at radius 3 is 2.69 bits per heavy atom. The summed E-state index contributed by atoms with van der Waals surface area (Å²) in [5.74, 6) is 0.563. The number of nitrogens with one attached hydrogen (secondary N) is 1. The number of nitrogens with zero attached hydrogens (tertiary/aromatic N) is 2. The van der Waals surface area contributed by atoms with Crippen molar-refractivity contribution < 1.29 is 9.21 Å². The molecule has 2 aromatic carbocycles. The third-order valence-electron chi connectivity index (χ3n) is 5.36. The van der Waals surface area contributed by atoms with Crippen molar-refractivity contribution in [1.82, 2.24) is 15.2 Å². The Hall–Kier alpha value is -2.92. The second kappa shape index (κ2) is 9.05. The smallest absolute Gasteiger partial charge is 0.226 e. The van der Waals surface area contributed by atoms with E-state index in [0.29, 0.717) is 11.6 Å². The fourth-order valence-electron chi connectivity index (χ4n) is 3.85. The van der Waals surface area contributed by atoms with Crippen molar-refractivity contribution in [3.8, 4) is 11.5 Å². The van der Waals surface area contributed by atoms with Crippen molar-refractivity contribution in [2.24, 2.45) is 0 Å². The Balaban J connectivity index is 1.23. The highest BCUT2D eigenvalue weighted by molar-refractivity contribution is 5.78. The molecule has 1 aliphatic rings. The SMILES string of the molecule is Cc1cccc(CN2CCC(NC(=O)Cc3coc(-c4ccccc4)n3)CC2)c1. The number of aromatic nitrogens is 1. The van der Waals surface area contributed by atoms with E-state index in [1.807, 2.05) is 30.3 Å². The number of carbonyl (C=O) groups is 1. The maximum absolute atomic E-state index is 12.4. The largest absolute Gasteiger partial charge is 0.444 e. The fraction of sp³-hybridized carbons (Fsp3) is 0.333. The van der Waals surface area contributed by atoms with E-state index in [9.17, 15) is 4.79 Å². The van der Waals surface area contributed by atoms with Gasteiger partial charge >= 0.3 is 0 Å². The molecule has 5 heteroatoms. The normalized spacial score (nSPS) is 15.3. The van der Waals surface area contributed by atoms with E-state index >= 15 is 0 Å². The van der Waals surface area contributed by atoms with Gasteiger partial charge in [0, 0.05) is 31.2 Å². The van der Waals surface area contributed by atoms with E-state index in [0.717, 1.165) is 38.0 Å². The molecule has 1 saturated heterocycles. The van der Waals surface area contributed by atoms with Crippen LogP contribution in [0.15, 0.2) is 65.3 Å². The summed E-state index contributed by atoms with van der Waals surface area (Å²) in [7, 11) is 0. The standard InChI is InChI=1S/C24H27N3O2/c1-18-6-5-7-19(14-18)16-27-12-10-21(11-13-27)25-23(28)15-22-17-29-24(26-22)20-8-3-2-4-9-20/h2-9,14,17,21H,10-13,15-16H2,1H3,(H,25,28). The zero-order valence-corrected chi connectivity index (χ0v) is 16.8. The number of hydrogen-bond acceptors (Lipinski definition) is 4. The number of piperidine rings is 1. The summed E-state index contributed by atoms with van der Waals surface area (Å²) in [5.41, 5.74) is 4.24. The number of oxazole rings is 1. The maximum Gasteiger partial charge on any atom is 0.226 e. The average molecular weight is 389 g/mol. The summed E-state index contributed by atoms with van der Waals surface area (Å²) in [6.45, 7) is 5.11.